The molecular formula is C23H31N2O+. The van der Waals surface area contributed by atoms with E-state index in [2.05, 4.69) is 60.6 Å². The van der Waals surface area contributed by atoms with E-state index in [1.165, 1.54) is 55.6 Å². The Bertz CT molecular complexity index is 850. The Morgan fingerprint density at radius 1 is 1.12 bits per heavy atom. The highest BCUT2D eigenvalue weighted by Crippen LogP contribution is 2.40. The lowest BCUT2D eigenvalue weighted by atomic mass is 9.76. The molecule has 2 heterocycles. The van der Waals surface area contributed by atoms with Gasteiger partial charge in [0.15, 0.2) is 0 Å². The van der Waals surface area contributed by atoms with Gasteiger partial charge in [0, 0.05) is 24.9 Å². The lowest BCUT2D eigenvalue weighted by Gasteiger charge is -2.39. The quantitative estimate of drug-likeness (QED) is 0.698. The van der Waals surface area contributed by atoms with Crippen LogP contribution in [0.25, 0.3) is 17.2 Å². The summed E-state index contributed by atoms with van der Waals surface area (Å²) >= 11 is 0. The number of hydrogen-bond acceptors (Lipinski definition) is 2. The molecule has 26 heavy (non-hydrogen) atoms. The molecule has 1 aliphatic carbocycles. The van der Waals surface area contributed by atoms with Crippen molar-refractivity contribution in [1.82, 2.24) is 4.90 Å². The first-order chi connectivity index (χ1) is 12.6. The number of para-hydroxylation sites is 2. The molecule has 0 radical (unpaired) electrons. The number of allylic oxidation sites excluding steroid dienone is 3. The lowest BCUT2D eigenvalue weighted by Crippen LogP contribution is -2.34. The molecule has 4 rings (SSSR count). The topological polar surface area (TPSA) is 20.3 Å². The van der Waals surface area contributed by atoms with Crippen LogP contribution in [-0.2, 0) is 6.54 Å². The maximum Gasteiger partial charge on any atom is 0.374 e. The molecule has 138 valence electrons. The molecule has 0 unspecified atom stereocenters. The number of fused-ring (bicyclic) bond motifs is 1. The maximum atomic E-state index is 6.19. The van der Waals surface area contributed by atoms with Gasteiger partial charge in [-0.25, -0.2) is 0 Å². The Balaban J connectivity index is 1.73. The van der Waals surface area contributed by atoms with Gasteiger partial charge in [0.2, 0.25) is 5.58 Å². The van der Waals surface area contributed by atoms with Crippen LogP contribution in [0.2, 0.25) is 0 Å². The van der Waals surface area contributed by atoms with Crippen LogP contribution >= 0.6 is 0 Å². The van der Waals surface area contributed by atoms with Gasteiger partial charge < -0.3 is 9.32 Å². The van der Waals surface area contributed by atoms with Crippen molar-refractivity contribution in [3.05, 3.63) is 47.5 Å². The number of hydrogen-bond donors (Lipinski definition) is 0. The number of nitrogens with zero attached hydrogens (tertiary/aromatic N) is 2. The van der Waals surface area contributed by atoms with Crippen molar-refractivity contribution in [3.8, 4) is 0 Å². The molecule has 1 aromatic carbocycles. The Labute approximate surface area is 157 Å². The zero-order valence-corrected chi connectivity index (χ0v) is 16.4. The molecule has 3 nitrogen and oxygen atoms in total. The van der Waals surface area contributed by atoms with Gasteiger partial charge in [0.05, 0.1) is 6.08 Å². The molecule has 0 atom stereocenters. The highest BCUT2D eigenvalue weighted by Gasteiger charge is 2.30. The van der Waals surface area contributed by atoms with Crippen LogP contribution in [0.4, 0.5) is 0 Å². The first-order valence-electron chi connectivity index (χ1n) is 10.1. The first kappa shape index (κ1) is 17.4. The zero-order chi connectivity index (χ0) is 18.1. The predicted molar refractivity (Wildman–Crippen MR) is 107 cm³/mol. The largest absolute Gasteiger partial charge is 0.398 e. The number of aromatic nitrogens is 1. The van der Waals surface area contributed by atoms with Crippen LogP contribution in [0.3, 0.4) is 0 Å². The fourth-order valence-electron chi connectivity index (χ4n) is 4.54. The van der Waals surface area contributed by atoms with Crippen LogP contribution in [0.1, 0.15) is 58.8 Å². The van der Waals surface area contributed by atoms with E-state index >= 15 is 0 Å². The number of oxazole rings is 1. The standard InChI is InChI=1S/C23H31N2O/c1-4-25-20-10-6-7-11-21(20)26-22(25)15-18-14-19(17-23(2,3)16-18)24-12-8-5-9-13-24/h6-7,10-11,14-15H,4-5,8-9,12-13,16-17H2,1-3H3/q+1. The molecular weight excluding hydrogens is 320 g/mol. The normalized spacial score (nSPS) is 22.0. The summed E-state index contributed by atoms with van der Waals surface area (Å²) in [7, 11) is 0. The summed E-state index contributed by atoms with van der Waals surface area (Å²) in [6, 6.07) is 8.33. The number of rotatable bonds is 3. The smallest absolute Gasteiger partial charge is 0.374 e. The fraction of sp³-hybridized carbons (Fsp3) is 0.522. The molecule has 1 saturated heterocycles. The van der Waals surface area contributed by atoms with Gasteiger partial charge in [0.1, 0.15) is 6.54 Å². The number of benzene rings is 1. The van der Waals surface area contributed by atoms with Crippen LogP contribution in [0.15, 0.2) is 46.0 Å². The van der Waals surface area contributed by atoms with E-state index in [1.807, 2.05) is 6.07 Å². The van der Waals surface area contributed by atoms with Gasteiger partial charge in [-0.2, -0.15) is 4.57 Å². The third-order valence-corrected chi connectivity index (χ3v) is 5.72. The third kappa shape index (κ3) is 3.44. The minimum absolute atomic E-state index is 0.302. The van der Waals surface area contributed by atoms with Crippen molar-refractivity contribution in [1.29, 1.82) is 0 Å². The van der Waals surface area contributed by atoms with Crippen LogP contribution in [-0.4, -0.2) is 18.0 Å². The Morgan fingerprint density at radius 3 is 2.65 bits per heavy atom. The highest BCUT2D eigenvalue weighted by atomic mass is 16.3. The molecule has 1 fully saturated rings. The van der Waals surface area contributed by atoms with Crippen LogP contribution in [0, 0.1) is 5.41 Å². The molecule has 3 heteroatoms. The number of piperidine rings is 1. The third-order valence-electron chi connectivity index (χ3n) is 5.72. The second-order valence-electron chi connectivity index (χ2n) is 8.57. The van der Waals surface area contributed by atoms with E-state index in [-0.39, 0.29) is 0 Å². The fourth-order valence-corrected chi connectivity index (χ4v) is 4.54. The van der Waals surface area contributed by atoms with Gasteiger partial charge in [-0.15, -0.1) is 0 Å². The van der Waals surface area contributed by atoms with Crippen LogP contribution in [0.5, 0.6) is 0 Å². The van der Waals surface area contributed by atoms with E-state index < -0.39 is 0 Å². The van der Waals surface area contributed by atoms with Gasteiger partial charge in [-0.1, -0.05) is 26.0 Å². The number of aryl methyl sites for hydroxylation is 1. The molecule has 1 aliphatic heterocycles. The van der Waals surface area contributed by atoms with Crippen LogP contribution < -0.4 is 4.57 Å². The summed E-state index contributed by atoms with van der Waals surface area (Å²) in [6.45, 7) is 10.3. The summed E-state index contributed by atoms with van der Waals surface area (Å²) < 4.78 is 8.46. The lowest BCUT2D eigenvalue weighted by molar-refractivity contribution is -0.674. The van der Waals surface area contributed by atoms with E-state index in [1.54, 1.807) is 0 Å². The van der Waals surface area contributed by atoms with Gasteiger partial charge >= 0.3 is 5.89 Å². The second-order valence-corrected chi connectivity index (χ2v) is 8.57. The van der Waals surface area contributed by atoms with Gasteiger partial charge in [-0.3, -0.25) is 0 Å². The zero-order valence-electron chi connectivity index (χ0n) is 16.4. The summed E-state index contributed by atoms with van der Waals surface area (Å²) in [6.07, 6.45) is 11.0. The minimum Gasteiger partial charge on any atom is -0.398 e. The molecule has 1 aromatic heterocycles. The SMILES string of the molecule is CC[n+]1c(/C=C2/C=C(N3CCCCC3)CC(C)(C)C2)oc2ccccc21. The van der Waals surface area contributed by atoms with Crippen molar-refractivity contribution in [2.24, 2.45) is 5.41 Å². The summed E-state index contributed by atoms with van der Waals surface area (Å²) in [5.74, 6) is 0.968. The molecule has 2 aromatic rings. The Morgan fingerprint density at radius 2 is 1.88 bits per heavy atom. The van der Waals surface area contributed by atoms with Crippen molar-refractivity contribution < 1.29 is 8.98 Å². The summed E-state index contributed by atoms with van der Waals surface area (Å²) in [5.41, 5.74) is 5.36. The van der Waals surface area contributed by atoms with Crippen molar-refractivity contribution in [2.75, 3.05) is 13.1 Å². The average Bonchev–Trinajstić information content (AvgIpc) is 2.98. The highest BCUT2D eigenvalue weighted by molar-refractivity contribution is 5.69. The Kier molecular flexibility index (Phi) is 4.64. The predicted octanol–water partition coefficient (Wildman–Crippen LogP) is 5.31. The molecule has 0 bridgehead atoms. The molecule has 2 aliphatic rings. The molecule has 0 amide bonds. The van der Waals surface area contributed by atoms with E-state index in [9.17, 15) is 0 Å². The summed E-state index contributed by atoms with van der Waals surface area (Å²) in [5, 5.41) is 0. The first-order valence-corrected chi connectivity index (χ1v) is 10.1. The van der Waals surface area contributed by atoms with Gasteiger partial charge in [0.25, 0.3) is 5.52 Å². The van der Waals surface area contributed by atoms with Gasteiger partial charge in [-0.05, 0) is 62.2 Å². The molecule has 0 spiro atoms. The van der Waals surface area contributed by atoms with E-state index in [4.69, 9.17) is 4.42 Å². The average molecular weight is 352 g/mol. The Hall–Kier alpha value is -2.03. The monoisotopic (exact) mass is 351 g/mol. The summed E-state index contributed by atoms with van der Waals surface area (Å²) in [4.78, 5) is 2.62. The maximum absolute atomic E-state index is 6.19. The van der Waals surface area contributed by atoms with Crippen molar-refractivity contribution in [2.45, 2.75) is 59.4 Å². The van der Waals surface area contributed by atoms with Crippen molar-refractivity contribution in [3.63, 3.8) is 0 Å². The van der Waals surface area contributed by atoms with E-state index in [0.717, 1.165) is 24.4 Å². The van der Waals surface area contributed by atoms with Crippen molar-refractivity contribution >= 4 is 17.2 Å². The minimum atomic E-state index is 0.302. The van der Waals surface area contributed by atoms with E-state index in [0.29, 0.717) is 5.41 Å². The molecule has 0 N–H and O–H groups in total. The molecule has 0 saturated carbocycles. The second kappa shape index (κ2) is 6.94. The number of likely N-dealkylation sites (tertiary alicyclic amines) is 1.